The number of carbonyl (C=O) groups is 3. The molecule has 1 aromatic rings. The second-order valence-electron chi connectivity index (χ2n) is 10.8. The number of carbonyl (C=O) groups excluding carboxylic acids is 3. The summed E-state index contributed by atoms with van der Waals surface area (Å²) in [5.41, 5.74) is -3.05. The number of hydrogen-bond acceptors (Lipinski definition) is 9. The fourth-order valence-corrected chi connectivity index (χ4v) is 6.86. The first kappa shape index (κ1) is 25.6. The van der Waals surface area contributed by atoms with Crippen molar-refractivity contribution in [1.29, 1.82) is 0 Å². The lowest BCUT2D eigenvalue weighted by Crippen LogP contribution is -2.63. The van der Waals surface area contributed by atoms with Crippen LogP contribution in [0.25, 0.3) is 0 Å². The van der Waals surface area contributed by atoms with Gasteiger partial charge in [-0.2, -0.15) is 0 Å². The molecule has 37 heavy (non-hydrogen) atoms. The Morgan fingerprint density at radius 3 is 2.38 bits per heavy atom. The highest BCUT2D eigenvalue weighted by Gasteiger charge is 2.63. The Hall–Kier alpha value is -3.08. The number of nitrogens with zero attached hydrogens (tertiary/aromatic N) is 2. The smallest absolute Gasteiger partial charge is 0.209 e. The predicted octanol–water partition coefficient (Wildman–Crippen LogP) is 2.09. The molecule has 0 radical (unpaired) electrons. The van der Waals surface area contributed by atoms with Gasteiger partial charge in [0.2, 0.25) is 5.78 Å². The third kappa shape index (κ3) is 3.28. The van der Waals surface area contributed by atoms with Gasteiger partial charge in [-0.1, -0.05) is 6.92 Å². The van der Waals surface area contributed by atoms with E-state index >= 15 is 4.39 Å². The van der Waals surface area contributed by atoms with Gasteiger partial charge in [0, 0.05) is 41.3 Å². The second kappa shape index (κ2) is 8.47. The molecule has 0 bridgehead atoms. The Labute approximate surface area is 213 Å². The molecule has 1 aliphatic heterocycles. The van der Waals surface area contributed by atoms with Crippen LogP contribution in [0.2, 0.25) is 0 Å². The number of ketones is 3. The van der Waals surface area contributed by atoms with Crippen LogP contribution < -0.4 is 0 Å². The summed E-state index contributed by atoms with van der Waals surface area (Å²) in [7, 11) is 3.19. The zero-order valence-corrected chi connectivity index (χ0v) is 21.3. The number of aliphatic hydroxyl groups is 3. The minimum Gasteiger partial charge on any atom is -0.510 e. The second-order valence-corrected chi connectivity index (χ2v) is 10.8. The van der Waals surface area contributed by atoms with E-state index in [2.05, 4.69) is 0 Å². The molecule has 0 fully saturated rings. The lowest BCUT2D eigenvalue weighted by atomic mass is 9.58. The van der Waals surface area contributed by atoms with Crippen LogP contribution in [0.15, 0.2) is 22.7 Å². The maximum atomic E-state index is 15.8. The highest BCUT2D eigenvalue weighted by Crippen LogP contribution is 2.53. The van der Waals surface area contributed by atoms with E-state index in [-0.39, 0.29) is 41.8 Å². The van der Waals surface area contributed by atoms with Crippen molar-refractivity contribution in [2.75, 3.05) is 20.6 Å². The van der Waals surface area contributed by atoms with Crippen molar-refractivity contribution < 1.29 is 39.2 Å². The zero-order chi connectivity index (χ0) is 27.1. The van der Waals surface area contributed by atoms with E-state index in [9.17, 15) is 34.8 Å². The lowest BCUT2D eigenvalue weighted by molar-refractivity contribution is -0.148. The molecule has 5 rings (SSSR count). The molecule has 1 aromatic carbocycles. The summed E-state index contributed by atoms with van der Waals surface area (Å²) >= 11 is 0. The molecule has 0 saturated carbocycles. The van der Waals surface area contributed by atoms with Gasteiger partial charge in [-0.3, -0.25) is 24.2 Å². The molecule has 4 atom stereocenters. The van der Waals surface area contributed by atoms with Crippen molar-refractivity contribution >= 4 is 17.3 Å². The quantitative estimate of drug-likeness (QED) is 0.445. The van der Waals surface area contributed by atoms with Crippen LogP contribution in [0.5, 0.6) is 5.75 Å². The van der Waals surface area contributed by atoms with Crippen LogP contribution in [0.4, 0.5) is 4.39 Å². The molecule has 0 unspecified atom stereocenters. The fourth-order valence-electron chi connectivity index (χ4n) is 6.86. The molecule has 0 amide bonds. The number of aliphatic hydroxyl groups excluding tert-OH is 2. The molecule has 1 heterocycles. The molecule has 0 spiro atoms. The largest absolute Gasteiger partial charge is 0.510 e. The average Bonchev–Trinajstić information content (AvgIpc) is 3.24. The molecule has 4 aliphatic rings. The number of likely N-dealkylation sites (N-methyl/N-ethyl adjacent to an activating group) is 1. The highest BCUT2D eigenvalue weighted by atomic mass is 19.1. The molecular formula is C27H31FN2O7. The van der Waals surface area contributed by atoms with Gasteiger partial charge >= 0.3 is 0 Å². The van der Waals surface area contributed by atoms with E-state index < -0.39 is 63.7 Å². The standard InChI is InChI=1S/C27H31FN2O7/c1-5-6-30-9-14-15(10-30)22(32)19-13(20(14)28)7-12-8-16-21(29(3)4)24(34)17(11(2)31)25(35)27(16,37)26(36)18(12)23(19)33/h12,16,21,32,34,36-37H,5-10H2,1-4H3/t12-,16-,21-,27+/m0/s1. The number of phenolic OH excluding ortho intramolecular Hbond substituents is 1. The monoisotopic (exact) mass is 514 g/mol. The normalized spacial score (nSPS) is 29.4. The third-order valence-electron chi connectivity index (χ3n) is 8.44. The van der Waals surface area contributed by atoms with Gasteiger partial charge in [-0.25, -0.2) is 4.39 Å². The average molecular weight is 515 g/mol. The van der Waals surface area contributed by atoms with Gasteiger partial charge in [0.1, 0.15) is 28.7 Å². The number of phenols is 1. The van der Waals surface area contributed by atoms with Crippen LogP contribution in [-0.2, 0) is 29.1 Å². The summed E-state index contributed by atoms with van der Waals surface area (Å²) in [6.45, 7) is 4.35. The van der Waals surface area contributed by atoms with Crippen LogP contribution in [0.3, 0.4) is 0 Å². The van der Waals surface area contributed by atoms with Crippen LogP contribution in [0.1, 0.15) is 53.7 Å². The number of benzene rings is 1. The molecule has 198 valence electrons. The lowest BCUT2D eigenvalue weighted by Gasteiger charge is -2.50. The fraction of sp³-hybridized carbons (Fsp3) is 0.519. The number of hydrogen-bond donors (Lipinski definition) is 4. The van der Waals surface area contributed by atoms with Crippen molar-refractivity contribution in [2.24, 2.45) is 11.8 Å². The summed E-state index contributed by atoms with van der Waals surface area (Å²) < 4.78 is 15.8. The molecule has 0 saturated heterocycles. The van der Waals surface area contributed by atoms with E-state index in [4.69, 9.17) is 0 Å². The molecule has 3 aliphatic carbocycles. The number of Topliss-reactive ketones (excluding diaryl/α,β-unsaturated/α-hetero) is 3. The summed E-state index contributed by atoms with van der Waals surface area (Å²) in [6.07, 6.45) is 0.762. The Balaban J connectivity index is 1.69. The van der Waals surface area contributed by atoms with E-state index in [1.165, 1.54) is 4.90 Å². The van der Waals surface area contributed by atoms with Crippen molar-refractivity contribution in [3.63, 3.8) is 0 Å². The Morgan fingerprint density at radius 1 is 1.14 bits per heavy atom. The van der Waals surface area contributed by atoms with Crippen LogP contribution in [-0.4, -0.2) is 79.9 Å². The Kier molecular flexibility index (Phi) is 5.85. The molecular weight excluding hydrogens is 483 g/mol. The summed E-state index contributed by atoms with van der Waals surface area (Å²) in [5.74, 6) is -6.99. The van der Waals surface area contributed by atoms with Crippen LogP contribution >= 0.6 is 0 Å². The Morgan fingerprint density at radius 2 is 1.78 bits per heavy atom. The van der Waals surface area contributed by atoms with Crippen molar-refractivity contribution in [3.8, 4) is 5.75 Å². The van der Waals surface area contributed by atoms with Crippen molar-refractivity contribution in [2.45, 2.75) is 57.8 Å². The van der Waals surface area contributed by atoms with E-state index in [0.29, 0.717) is 24.2 Å². The summed E-state index contributed by atoms with van der Waals surface area (Å²) in [6, 6.07) is -1.01. The number of halogens is 1. The van der Waals surface area contributed by atoms with Gasteiger partial charge in [0.15, 0.2) is 17.2 Å². The SMILES string of the molecule is CCCN1Cc2c(O)c3c(c(F)c2C1)C[C@H]1C[C@H]2[C@H](N(C)C)C(O)=C(C(C)=O)C(=O)[C@@]2(O)C(O)=C1C3=O. The van der Waals surface area contributed by atoms with Gasteiger partial charge in [0.05, 0.1) is 11.6 Å². The van der Waals surface area contributed by atoms with Crippen molar-refractivity contribution in [1.82, 2.24) is 9.80 Å². The number of fused-ring (bicyclic) bond motifs is 4. The summed E-state index contributed by atoms with van der Waals surface area (Å²) in [5, 5.41) is 45.0. The molecule has 0 aromatic heterocycles. The van der Waals surface area contributed by atoms with Crippen molar-refractivity contribution in [3.05, 3.63) is 50.7 Å². The molecule has 4 N–H and O–H groups in total. The first-order valence-corrected chi connectivity index (χ1v) is 12.5. The third-order valence-corrected chi connectivity index (χ3v) is 8.44. The maximum absolute atomic E-state index is 15.8. The molecule has 9 nitrogen and oxygen atoms in total. The zero-order valence-electron chi connectivity index (χ0n) is 21.3. The number of rotatable bonds is 4. The van der Waals surface area contributed by atoms with E-state index in [1.807, 2.05) is 11.8 Å². The minimum atomic E-state index is -2.63. The predicted molar refractivity (Wildman–Crippen MR) is 130 cm³/mol. The van der Waals surface area contributed by atoms with E-state index in [1.54, 1.807) is 14.1 Å². The first-order valence-electron chi connectivity index (χ1n) is 12.5. The Bertz CT molecular complexity index is 1330. The first-order chi connectivity index (χ1) is 17.4. The van der Waals surface area contributed by atoms with Crippen LogP contribution in [0, 0.1) is 17.7 Å². The van der Waals surface area contributed by atoms with Gasteiger partial charge in [-0.05, 0) is 52.7 Å². The summed E-state index contributed by atoms with van der Waals surface area (Å²) in [4.78, 5) is 42.9. The number of allylic oxidation sites excluding steroid dienone is 1. The topological polar surface area (TPSA) is 139 Å². The molecule has 10 heteroatoms. The number of aromatic hydroxyl groups is 1. The van der Waals surface area contributed by atoms with Gasteiger partial charge in [0.25, 0.3) is 0 Å². The highest BCUT2D eigenvalue weighted by molar-refractivity contribution is 6.25. The maximum Gasteiger partial charge on any atom is 0.209 e. The van der Waals surface area contributed by atoms with Gasteiger partial charge in [-0.15, -0.1) is 0 Å². The van der Waals surface area contributed by atoms with Gasteiger partial charge < -0.3 is 20.4 Å². The minimum absolute atomic E-state index is 0.0358. The van der Waals surface area contributed by atoms with E-state index in [0.717, 1.165) is 13.3 Å².